The number of aromatic nitrogens is 1. The van der Waals surface area contributed by atoms with Gasteiger partial charge in [0.2, 0.25) is 0 Å². The molecule has 0 bridgehead atoms. The maximum Gasteiger partial charge on any atom is 0.335 e. The average molecular weight is 492 g/mol. The molecule has 170 valence electrons. The zero-order valence-electron chi connectivity index (χ0n) is 17.6. The second-order valence-corrected chi connectivity index (χ2v) is 8.51. The number of phenolic OH excluding ortho intramolecular Hbond substituents is 1. The van der Waals surface area contributed by atoms with E-state index in [1.165, 1.54) is 18.2 Å². The molecule has 1 aliphatic heterocycles. The smallest absolute Gasteiger partial charge is 0.335 e. The maximum atomic E-state index is 11.4. The molecule has 2 aromatic carbocycles. The highest BCUT2D eigenvalue weighted by atomic mass is 35.5. The van der Waals surface area contributed by atoms with Crippen molar-refractivity contribution in [2.45, 2.75) is 12.1 Å². The fourth-order valence-corrected chi connectivity index (χ4v) is 4.60. The molecule has 0 amide bonds. The summed E-state index contributed by atoms with van der Waals surface area (Å²) in [7, 11) is 0. The summed E-state index contributed by atoms with van der Waals surface area (Å²) in [6.07, 6.45) is 1.71. The molecule has 1 fully saturated rings. The van der Waals surface area contributed by atoms with Gasteiger partial charge < -0.3 is 24.8 Å². The minimum Gasteiger partial charge on any atom is -0.508 e. The lowest BCUT2D eigenvalue weighted by atomic mass is 10.0. The van der Waals surface area contributed by atoms with Crippen molar-refractivity contribution in [3.63, 3.8) is 0 Å². The van der Waals surface area contributed by atoms with Crippen molar-refractivity contribution >= 4 is 40.6 Å². The third-order valence-electron chi connectivity index (χ3n) is 5.62. The molecule has 7 nitrogen and oxygen atoms in total. The molecule has 2 aromatic heterocycles. The topological polar surface area (TPSA) is 98.8 Å². The van der Waals surface area contributed by atoms with Gasteiger partial charge in [-0.1, -0.05) is 17.7 Å². The molecule has 3 heterocycles. The monoisotopic (exact) mass is 491 g/mol. The Balaban J connectivity index is 1.61. The highest BCUT2D eigenvalue weighted by Crippen LogP contribution is 2.43. The molecule has 3 N–H and O–H groups in total. The number of carbonyl (C=O) groups is 1. The van der Waals surface area contributed by atoms with Crippen LogP contribution >= 0.6 is 23.8 Å². The third-order valence-corrected chi connectivity index (χ3v) is 6.27. The van der Waals surface area contributed by atoms with Crippen LogP contribution in [0.3, 0.4) is 0 Å². The molecule has 2 atom stereocenters. The van der Waals surface area contributed by atoms with Gasteiger partial charge in [-0.25, -0.2) is 4.79 Å². The Hall–Kier alpha value is -3.88. The molecule has 1 saturated heterocycles. The molecular weight excluding hydrogens is 474 g/mol. The number of carboxylic acid groups (broad SMARTS) is 1. The van der Waals surface area contributed by atoms with Gasteiger partial charge in [-0.3, -0.25) is 4.98 Å². The number of phenols is 1. The summed E-state index contributed by atoms with van der Waals surface area (Å²) in [5, 5.41) is 23.3. The second-order valence-electron chi connectivity index (χ2n) is 7.71. The van der Waals surface area contributed by atoms with E-state index in [9.17, 15) is 15.0 Å². The summed E-state index contributed by atoms with van der Waals surface area (Å²) in [6.45, 7) is 0. The molecule has 4 aromatic rings. The van der Waals surface area contributed by atoms with Crippen molar-refractivity contribution in [3.8, 4) is 17.1 Å². The number of rotatable bonds is 5. The van der Waals surface area contributed by atoms with Crippen LogP contribution in [0, 0.1) is 0 Å². The number of nitrogens with zero attached hydrogens (tertiary/aromatic N) is 2. The van der Waals surface area contributed by atoms with Gasteiger partial charge in [0.15, 0.2) is 5.11 Å². The number of carboxylic acids is 1. The van der Waals surface area contributed by atoms with Crippen LogP contribution in [0.15, 0.2) is 83.4 Å². The van der Waals surface area contributed by atoms with E-state index in [0.717, 1.165) is 11.4 Å². The van der Waals surface area contributed by atoms with Gasteiger partial charge in [0.1, 0.15) is 23.3 Å². The number of hydrogen-bond donors (Lipinski definition) is 3. The molecule has 1 aliphatic rings. The van der Waals surface area contributed by atoms with Gasteiger partial charge >= 0.3 is 5.97 Å². The van der Waals surface area contributed by atoms with Crippen LogP contribution in [0.4, 0.5) is 5.69 Å². The van der Waals surface area contributed by atoms with Gasteiger partial charge in [-0.15, -0.1) is 0 Å². The van der Waals surface area contributed by atoms with E-state index in [1.807, 2.05) is 29.2 Å². The maximum absolute atomic E-state index is 11.4. The van der Waals surface area contributed by atoms with Crippen molar-refractivity contribution in [2.24, 2.45) is 0 Å². The summed E-state index contributed by atoms with van der Waals surface area (Å²) in [5.74, 6) is 0.117. The fraction of sp³-hybridized carbons (Fsp3) is 0.0800. The third kappa shape index (κ3) is 3.98. The lowest BCUT2D eigenvalue weighted by Crippen LogP contribution is -2.29. The number of benzene rings is 2. The number of hydrogen-bond acceptors (Lipinski definition) is 5. The Morgan fingerprint density at radius 3 is 2.59 bits per heavy atom. The fourth-order valence-electron chi connectivity index (χ4n) is 4.04. The molecule has 34 heavy (non-hydrogen) atoms. The number of aromatic carboxylic acids is 1. The van der Waals surface area contributed by atoms with E-state index in [2.05, 4.69) is 10.3 Å². The Kier molecular flexibility index (Phi) is 5.69. The zero-order valence-corrected chi connectivity index (χ0v) is 19.1. The van der Waals surface area contributed by atoms with Crippen LogP contribution in [0.5, 0.6) is 5.75 Å². The first-order chi connectivity index (χ1) is 16.4. The van der Waals surface area contributed by atoms with E-state index >= 15 is 0 Å². The van der Waals surface area contributed by atoms with Gasteiger partial charge in [0.05, 0.1) is 22.3 Å². The first-order valence-electron chi connectivity index (χ1n) is 10.3. The standard InChI is InChI=1S/C25H18ClN3O4S/c26-18-9-4-14(24(31)32)13-17(18)20-10-11-21(33-20)23-22(19-3-1-2-12-27-19)28-25(34)29(23)15-5-7-16(30)8-6-15/h1-13,22-23,30H,(H,28,34)(H,31,32)/t22-,23-/m1/s1. The molecule has 0 saturated carbocycles. The van der Waals surface area contributed by atoms with E-state index < -0.39 is 12.0 Å². The normalized spacial score (nSPS) is 17.6. The first-order valence-corrected chi connectivity index (χ1v) is 11.1. The summed E-state index contributed by atoms with van der Waals surface area (Å²) < 4.78 is 6.25. The molecular formula is C25H18ClN3O4S. The SMILES string of the molecule is O=C(O)c1ccc(Cl)c(-c2ccc([C@@H]3[C@@H](c4ccccn4)NC(=S)N3c3ccc(O)cc3)o2)c1. The predicted octanol–water partition coefficient (Wildman–Crippen LogP) is 5.58. The van der Waals surface area contributed by atoms with Crippen LogP contribution in [0.1, 0.15) is 33.9 Å². The van der Waals surface area contributed by atoms with Gasteiger partial charge in [0.25, 0.3) is 0 Å². The highest BCUT2D eigenvalue weighted by molar-refractivity contribution is 7.80. The van der Waals surface area contributed by atoms with E-state index in [1.54, 1.807) is 36.5 Å². The minimum absolute atomic E-state index is 0.109. The number of thiocarbonyl (C=S) groups is 1. The van der Waals surface area contributed by atoms with Crippen molar-refractivity contribution in [1.82, 2.24) is 10.3 Å². The molecule has 0 aliphatic carbocycles. The number of anilines is 1. The van der Waals surface area contributed by atoms with Crippen molar-refractivity contribution in [2.75, 3.05) is 4.90 Å². The molecule has 0 unspecified atom stereocenters. The van der Waals surface area contributed by atoms with Crippen molar-refractivity contribution in [3.05, 3.63) is 101 Å². The van der Waals surface area contributed by atoms with E-state index in [4.69, 9.17) is 28.2 Å². The molecule has 0 spiro atoms. The van der Waals surface area contributed by atoms with Crippen molar-refractivity contribution < 1.29 is 19.4 Å². The van der Waals surface area contributed by atoms with Crippen LogP contribution < -0.4 is 10.2 Å². The Morgan fingerprint density at radius 2 is 1.88 bits per heavy atom. The highest BCUT2D eigenvalue weighted by Gasteiger charge is 2.42. The summed E-state index contributed by atoms with van der Waals surface area (Å²) >= 11 is 12.0. The molecule has 0 radical (unpaired) electrons. The van der Waals surface area contributed by atoms with Crippen LogP contribution in [0.2, 0.25) is 5.02 Å². The quantitative estimate of drug-likeness (QED) is 0.311. The summed E-state index contributed by atoms with van der Waals surface area (Å²) in [4.78, 5) is 17.9. The van der Waals surface area contributed by atoms with E-state index in [0.29, 0.717) is 27.2 Å². The predicted molar refractivity (Wildman–Crippen MR) is 132 cm³/mol. The van der Waals surface area contributed by atoms with Crippen LogP contribution in [0.25, 0.3) is 11.3 Å². The summed E-state index contributed by atoms with van der Waals surface area (Å²) in [6, 6.07) is 19.7. The molecule has 9 heteroatoms. The zero-order chi connectivity index (χ0) is 23.8. The average Bonchev–Trinajstić information content (AvgIpc) is 3.45. The second kappa shape index (κ2) is 8.81. The van der Waals surface area contributed by atoms with Gasteiger partial charge in [-0.2, -0.15) is 0 Å². The van der Waals surface area contributed by atoms with Gasteiger partial charge in [0, 0.05) is 17.4 Å². The molecule has 5 rings (SSSR count). The lowest BCUT2D eigenvalue weighted by molar-refractivity contribution is 0.0697. The van der Waals surface area contributed by atoms with Crippen molar-refractivity contribution in [1.29, 1.82) is 0 Å². The van der Waals surface area contributed by atoms with E-state index in [-0.39, 0.29) is 17.4 Å². The number of aromatic hydroxyl groups is 1. The Morgan fingerprint density at radius 1 is 1.09 bits per heavy atom. The minimum atomic E-state index is -1.05. The lowest BCUT2D eigenvalue weighted by Gasteiger charge is -2.26. The largest absolute Gasteiger partial charge is 0.508 e. The number of furan rings is 1. The van der Waals surface area contributed by atoms with Crippen LogP contribution in [-0.2, 0) is 0 Å². The number of pyridine rings is 1. The number of nitrogens with one attached hydrogen (secondary N) is 1. The number of halogens is 1. The first kappa shape index (κ1) is 21.9. The van der Waals surface area contributed by atoms with Crippen LogP contribution in [-0.4, -0.2) is 26.3 Å². The Bertz CT molecular complexity index is 1370. The Labute approximate surface area is 205 Å². The van der Waals surface area contributed by atoms with Gasteiger partial charge in [-0.05, 0) is 78.9 Å². The summed E-state index contributed by atoms with van der Waals surface area (Å²) in [5.41, 5.74) is 2.13.